The van der Waals surface area contributed by atoms with E-state index in [2.05, 4.69) is 0 Å². The van der Waals surface area contributed by atoms with Crippen LogP contribution in [0.25, 0.3) is 38.6 Å². The molecule has 0 aliphatic carbocycles. The van der Waals surface area contributed by atoms with Gasteiger partial charge in [-0.25, -0.2) is 4.79 Å². The van der Waals surface area contributed by atoms with Crippen molar-refractivity contribution in [3.8, 4) is 16.9 Å². The molecule has 0 bridgehead atoms. The molecule has 0 unspecified atom stereocenters. The summed E-state index contributed by atoms with van der Waals surface area (Å²) >= 11 is 0. The second-order valence-corrected chi connectivity index (χ2v) is 8.29. The van der Waals surface area contributed by atoms with Crippen molar-refractivity contribution >= 4 is 33.1 Å². The zero-order chi connectivity index (χ0) is 24.3. The Hall–Kier alpha value is -4.66. The Morgan fingerprint density at radius 3 is 2.35 bits per heavy atom. The molecule has 0 amide bonds. The van der Waals surface area contributed by atoms with Gasteiger partial charge in [-0.15, -0.1) is 0 Å². The molecule has 2 heterocycles. The Kier molecular flexibility index (Phi) is 4.64. The van der Waals surface area contributed by atoms with Gasteiger partial charge >= 0.3 is 5.69 Å². The van der Waals surface area contributed by atoms with Crippen molar-refractivity contribution in [3.63, 3.8) is 0 Å². The molecule has 5 aromatic rings. The van der Waals surface area contributed by atoms with Crippen LogP contribution in [0.2, 0.25) is 0 Å². The van der Waals surface area contributed by atoms with Gasteiger partial charge in [-0.05, 0) is 24.4 Å². The lowest BCUT2D eigenvalue weighted by atomic mass is 10.0. The molecule has 5 rings (SSSR count). The van der Waals surface area contributed by atoms with Gasteiger partial charge in [-0.2, -0.15) is 0 Å². The smallest absolute Gasteiger partial charge is 0.330 e. The van der Waals surface area contributed by atoms with Gasteiger partial charge in [0.15, 0.2) is 0 Å². The van der Waals surface area contributed by atoms with E-state index < -0.39 is 16.2 Å². The Labute approximate surface area is 193 Å². The van der Waals surface area contributed by atoms with Gasteiger partial charge in [-0.3, -0.25) is 24.0 Å². The van der Waals surface area contributed by atoms with Crippen LogP contribution in [0, 0.1) is 17.0 Å². The summed E-state index contributed by atoms with van der Waals surface area (Å²) in [6, 6.07) is 16.1. The highest BCUT2D eigenvalue weighted by Gasteiger charge is 2.23. The third-order valence-electron chi connectivity index (χ3n) is 6.29. The summed E-state index contributed by atoms with van der Waals surface area (Å²) in [5.41, 5.74) is 8.43. The van der Waals surface area contributed by atoms with E-state index in [1.165, 1.54) is 17.7 Å². The van der Waals surface area contributed by atoms with Crippen molar-refractivity contribution in [1.82, 2.24) is 13.7 Å². The van der Waals surface area contributed by atoms with Crippen molar-refractivity contribution in [2.45, 2.75) is 6.92 Å². The van der Waals surface area contributed by atoms with Gasteiger partial charge in [0.25, 0.3) is 11.2 Å². The van der Waals surface area contributed by atoms with Crippen LogP contribution in [0.1, 0.15) is 5.56 Å². The Balaban J connectivity index is 2.02. The molecule has 0 aliphatic heterocycles. The van der Waals surface area contributed by atoms with E-state index in [9.17, 15) is 19.7 Å². The van der Waals surface area contributed by atoms with Gasteiger partial charge in [0.05, 0.1) is 27.2 Å². The fourth-order valence-electron chi connectivity index (χ4n) is 4.52. The lowest BCUT2D eigenvalue weighted by Gasteiger charge is -2.14. The number of anilines is 1. The maximum absolute atomic E-state index is 13.3. The maximum Gasteiger partial charge on any atom is 0.330 e. The quantitative estimate of drug-likeness (QED) is 0.253. The Bertz CT molecular complexity index is 1770. The summed E-state index contributed by atoms with van der Waals surface area (Å²) in [6.45, 7) is 1.66. The maximum atomic E-state index is 13.3. The van der Waals surface area contributed by atoms with Crippen LogP contribution in [0.4, 0.5) is 11.4 Å². The molecule has 0 spiro atoms. The van der Waals surface area contributed by atoms with Crippen LogP contribution in [-0.2, 0) is 14.1 Å². The Morgan fingerprint density at radius 2 is 1.65 bits per heavy atom. The summed E-state index contributed by atoms with van der Waals surface area (Å²) < 4.78 is 4.22. The fraction of sp³-hybridized carbons (Fsp3) is 0.120. The van der Waals surface area contributed by atoms with E-state index in [-0.39, 0.29) is 11.1 Å². The normalized spacial score (nSPS) is 11.4. The summed E-state index contributed by atoms with van der Waals surface area (Å²) in [5, 5.41) is 13.6. The second-order valence-electron chi connectivity index (χ2n) is 8.29. The molecule has 0 fully saturated rings. The summed E-state index contributed by atoms with van der Waals surface area (Å²) in [6.07, 6.45) is 1.71. The fourth-order valence-corrected chi connectivity index (χ4v) is 4.52. The van der Waals surface area contributed by atoms with Crippen molar-refractivity contribution in [1.29, 1.82) is 0 Å². The average Bonchev–Trinajstić information content (AvgIpc) is 3.22. The number of fused-ring (bicyclic) bond motifs is 2. The van der Waals surface area contributed by atoms with E-state index in [4.69, 9.17) is 5.73 Å². The number of nitrogen functional groups attached to an aromatic ring is 1. The molecule has 170 valence electrons. The number of aryl methyl sites for hydroxylation is 2. The molecule has 0 saturated carbocycles. The monoisotopic (exact) mass is 455 g/mol. The zero-order valence-electron chi connectivity index (χ0n) is 18.8. The third kappa shape index (κ3) is 2.94. The summed E-state index contributed by atoms with van der Waals surface area (Å²) in [7, 11) is 3.01. The summed E-state index contributed by atoms with van der Waals surface area (Å²) in [4.78, 5) is 37.2. The van der Waals surface area contributed by atoms with Crippen LogP contribution < -0.4 is 17.0 Å². The van der Waals surface area contributed by atoms with Gasteiger partial charge in [0.1, 0.15) is 0 Å². The summed E-state index contributed by atoms with van der Waals surface area (Å²) in [5.74, 6) is 0. The molecule has 2 aromatic heterocycles. The van der Waals surface area contributed by atoms with Crippen LogP contribution in [0.3, 0.4) is 0 Å². The van der Waals surface area contributed by atoms with Crippen LogP contribution >= 0.6 is 0 Å². The number of nitrogens with zero attached hydrogens (tertiary/aromatic N) is 4. The first-order valence-corrected chi connectivity index (χ1v) is 10.5. The minimum absolute atomic E-state index is 0.0579. The highest BCUT2D eigenvalue weighted by molar-refractivity contribution is 6.02. The molecule has 9 nitrogen and oxygen atoms in total. The van der Waals surface area contributed by atoms with E-state index in [0.29, 0.717) is 33.7 Å². The van der Waals surface area contributed by atoms with E-state index >= 15 is 0 Å². The van der Waals surface area contributed by atoms with Gasteiger partial charge in [0.2, 0.25) is 0 Å². The minimum atomic E-state index is -0.483. The highest BCUT2D eigenvalue weighted by Crippen LogP contribution is 2.37. The molecule has 0 radical (unpaired) electrons. The van der Waals surface area contributed by atoms with Gasteiger partial charge in [-0.1, -0.05) is 36.4 Å². The van der Waals surface area contributed by atoms with Crippen molar-refractivity contribution in [3.05, 3.63) is 97.3 Å². The molecular weight excluding hydrogens is 434 g/mol. The third-order valence-corrected chi connectivity index (χ3v) is 6.29. The minimum Gasteiger partial charge on any atom is -0.398 e. The first-order valence-electron chi connectivity index (χ1n) is 10.5. The highest BCUT2D eigenvalue weighted by atomic mass is 16.6. The zero-order valence-corrected chi connectivity index (χ0v) is 18.8. The lowest BCUT2D eigenvalue weighted by Crippen LogP contribution is -2.36. The Morgan fingerprint density at radius 1 is 0.941 bits per heavy atom. The van der Waals surface area contributed by atoms with Crippen LogP contribution in [-0.4, -0.2) is 18.6 Å². The molecule has 2 N–H and O–H groups in total. The van der Waals surface area contributed by atoms with Gasteiger partial charge in [0, 0.05) is 48.6 Å². The standard InChI is InChI=1S/C25H21N5O4/c1-14-10-11-16(12-19(14)30(33)34)23-22-20(27(2)25(32)28(3)24(22)31)13-29(23)18-9-5-7-15-6-4-8-17(26)21(15)18/h4-13H,26H2,1-3H3. The second kappa shape index (κ2) is 7.45. The van der Waals surface area contributed by atoms with Crippen LogP contribution in [0.15, 0.2) is 70.4 Å². The number of aromatic nitrogens is 3. The molecule has 3 aromatic carbocycles. The molecule has 0 aliphatic rings. The van der Waals surface area contributed by atoms with Crippen LogP contribution in [0.5, 0.6) is 0 Å². The number of rotatable bonds is 3. The number of nitro groups is 1. The first kappa shape index (κ1) is 21.2. The number of nitrogens with two attached hydrogens (primary N) is 1. The number of nitro benzene ring substituents is 1. The molecule has 0 saturated heterocycles. The predicted molar refractivity (Wildman–Crippen MR) is 133 cm³/mol. The SMILES string of the molecule is Cc1ccc(-c2c3c(=O)n(C)c(=O)n(C)c3cn2-c2cccc3cccc(N)c23)cc1[N+](=O)[O-]. The van der Waals surface area contributed by atoms with E-state index in [1.807, 2.05) is 30.3 Å². The number of hydrogen-bond donors (Lipinski definition) is 1. The average molecular weight is 455 g/mol. The number of hydrogen-bond acceptors (Lipinski definition) is 5. The molecule has 0 atom stereocenters. The van der Waals surface area contributed by atoms with Crippen molar-refractivity contribution in [2.24, 2.45) is 14.1 Å². The number of benzene rings is 3. The molecular formula is C25H21N5O4. The largest absolute Gasteiger partial charge is 0.398 e. The van der Waals surface area contributed by atoms with E-state index in [0.717, 1.165) is 15.3 Å². The van der Waals surface area contributed by atoms with E-state index in [1.54, 1.807) is 42.9 Å². The van der Waals surface area contributed by atoms with Gasteiger partial charge < -0.3 is 10.3 Å². The topological polar surface area (TPSA) is 118 Å². The van der Waals surface area contributed by atoms with Crippen molar-refractivity contribution < 1.29 is 4.92 Å². The van der Waals surface area contributed by atoms with Crippen molar-refractivity contribution in [2.75, 3.05) is 5.73 Å². The predicted octanol–water partition coefficient (Wildman–Crippen LogP) is 3.65. The molecule has 9 heteroatoms. The molecule has 34 heavy (non-hydrogen) atoms. The first-order chi connectivity index (χ1) is 16.2. The lowest BCUT2D eigenvalue weighted by molar-refractivity contribution is -0.385.